The normalized spacial score (nSPS) is 12.4. The molecule has 0 saturated heterocycles. The Bertz CT molecular complexity index is 381. The van der Waals surface area contributed by atoms with Crippen LogP contribution in [-0.2, 0) is 4.79 Å². The second kappa shape index (κ2) is 25.1. The van der Waals surface area contributed by atoms with Crippen LogP contribution in [0.3, 0.4) is 0 Å². The third-order valence-corrected chi connectivity index (χ3v) is 6.97. The molecule has 0 aromatic rings. The minimum absolute atomic E-state index is 0.206. The van der Waals surface area contributed by atoms with E-state index in [4.69, 9.17) is 0 Å². The number of nitrogens with zero attached hydrogens (tertiary/aromatic N) is 1. The van der Waals surface area contributed by atoms with Gasteiger partial charge in [0, 0.05) is 6.42 Å². The molecule has 0 fully saturated rings. The topological polar surface area (TPSA) is 32.3 Å². The van der Waals surface area contributed by atoms with Gasteiger partial charge in [0.15, 0.2) is 0 Å². The molecule has 0 aliphatic carbocycles. The van der Waals surface area contributed by atoms with Crippen molar-refractivity contribution in [2.24, 2.45) is 0 Å². The van der Waals surface area contributed by atoms with Gasteiger partial charge >= 0.3 is 0 Å². The standard InChI is InChI=1S/C29H60N2O/c1-5-9-10-11-12-13-14-15-16-17-18-19-20-21-22-23-24-25-26-27-29(32)30-28(6-2)31(7-3)8-4/h28H,5-27H2,1-4H3,(H,30,32). The third kappa shape index (κ3) is 20.1. The average Bonchev–Trinajstić information content (AvgIpc) is 2.80. The Balaban J connectivity index is 3.32. The molecule has 3 nitrogen and oxygen atoms in total. The molecule has 1 N–H and O–H groups in total. The summed E-state index contributed by atoms with van der Waals surface area (Å²) in [5.74, 6) is 0.232. The van der Waals surface area contributed by atoms with Gasteiger partial charge in [-0.25, -0.2) is 0 Å². The Morgan fingerprint density at radius 1 is 0.562 bits per heavy atom. The number of nitrogens with one attached hydrogen (secondary N) is 1. The highest BCUT2D eigenvalue weighted by molar-refractivity contribution is 5.76. The van der Waals surface area contributed by atoms with Crippen molar-refractivity contribution in [3.63, 3.8) is 0 Å². The minimum atomic E-state index is 0.206. The van der Waals surface area contributed by atoms with Crippen molar-refractivity contribution in [1.29, 1.82) is 0 Å². The first-order chi connectivity index (χ1) is 15.7. The first kappa shape index (κ1) is 31.4. The van der Waals surface area contributed by atoms with Crippen LogP contribution in [0.15, 0.2) is 0 Å². The van der Waals surface area contributed by atoms with E-state index in [0.29, 0.717) is 6.42 Å². The first-order valence-corrected chi connectivity index (χ1v) is 14.7. The van der Waals surface area contributed by atoms with E-state index in [9.17, 15) is 4.79 Å². The first-order valence-electron chi connectivity index (χ1n) is 14.7. The molecule has 1 amide bonds. The highest BCUT2D eigenvalue weighted by Gasteiger charge is 2.15. The van der Waals surface area contributed by atoms with Crippen LogP contribution in [0.1, 0.15) is 163 Å². The highest BCUT2D eigenvalue weighted by atomic mass is 16.1. The van der Waals surface area contributed by atoms with Crippen LogP contribution in [0.4, 0.5) is 0 Å². The predicted molar refractivity (Wildman–Crippen MR) is 143 cm³/mol. The Morgan fingerprint density at radius 3 is 1.22 bits per heavy atom. The van der Waals surface area contributed by atoms with Crippen molar-refractivity contribution >= 4 is 5.91 Å². The van der Waals surface area contributed by atoms with E-state index in [2.05, 4.69) is 37.9 Å². The molecule has 0 saturated carbocycles. The van der Waals surface area contributed by atoms with Crippen LogP contribution in [-0.4, -0.2) is 30.1 Å². The van der Waals surface area contributed by atoms with Crippen LogP contribution >= 0.6 is 0 Å². The second-order valence-electron chi connectivity index (χ2n) is 9.83. The zero-order chi connectivity index (χ0) is 23.7. The maximum Gasteiger partial charge on any atom is 0.221 e. The fourth-order valence-electron chi connectivity index (χ4n) is 4.74. The van der Waals surface area contributed by atoms with Gasteiger partial charge in [-0.05, 0) is 25.9 Å². The number of unbranched alkanes of at least 4 members (excludes halogenated alkanes) is 18. The lowest BCUT2D eigenvalue weighted by molar-refractivity contribution is -0.123. The number of hydrogen-bond acceptors (Lipinski definition) is 2. The summed E-state index contributed by atoms with van der Waals surface area (Å²) in [6.07, 6.45) is 28.3. The summed E-state index contributed by atoms with van der Waals surface area (Å²) >= 11 is 0. The van der Waals surface area contributed by atoms with Crippen molar-refractivity contribution in [1.82, 2.24) is 10.2 Å². The number of carbonyl (C=O) groups is 1. The minimum Gasteiger partial charge on any atom is -0.341 e. The number of amides is 1. The number of hydrogen-bond donors (Lipinski definition) is 1. The molecular weight excluding hydrogens is 392 g/mol. The van der Waals surface area contributed by atoms with Crippen molar-refractivity contribution in [2.75, 3.05) is 13.1 Å². The Morgan fingerprint density at radius 2 is 0.906 bits per heavy atom. The highest BCUT2D eigenvalue weighted by Crippen LogP contribution is 2.15. The monoisotopic (exact) mass is 452 g/mol. The van der Waals surface area contributed by atoms with Crippen LogP contribution in [0.2, 0.25) is 0 Å². The van der Waals surface area contributed by atoms with Gasteiger partial charge in [-0.15, -0.1) is 0 Å². The lowest BCUT2D eigenvalue weighted by atomic mass is 10.0. The smallest absolute Gasteiger partial charge is 0.221 e. The molecule has 0 aromatic carbocycles. The third-order valence-electron chi connectivity index (χ3n) is 6.97. The lowest BCUT2D eigenvalue weighted by Crippen LogP contribution is -2.47. The SMILES string of the molecule is CCCCCCCCCCCCCCCCCCCCCC(=O)NC(CC)N(CC)CC. The van der Waals surface area contributed by atoms with E-state index in [1.807, 2.05) is 0 Å². The van der Waals surface area contributed by atoms with Crippen LogP contribution < -0.4 is 5.32 Å². The molecule has 0 aliphatic heterocycles. The lowest BCUT2D eigenvalue weighted by Gasteiger charge is -2.29. The molecule has 1 unspecified atom stereocenters. The van der Waals surface area contributed by atoms with E-state index < -0.39 is 0 Å². The van der Waals surface area contributed by atoms with E-state index in [1.54, 1.807) is 0 Å². The summed E-state index contributed by atoms with van der Waals surface area (Å²) in [6, 6.07) is 0. The van der Waals surface area contributed by atoms with Gasteiger partial charge in [-0.3, -0.25) is 9.69 Å². The summed E-state index contributed by atoms with van der Waals surface area (Å²) in [5, 5.41) is 3.21. The molecule has 192 valence electrons. The van der Waals surface area contributed by atoms with Crippen molar-refractivity contribution < 1.29 is 4.79 Å². The van der Waals surface area contributed by atoms with Gasteiger partial charge in [0.1, 0.15) is 0 Å². The van der Waals surface area contributed by atoms with Gasteiger partial charge in [-0.1, -0.05) is 143 Å². The Labute approximate surface area is 202 Å². The quantitative estimate of drug-likeness (QED) is 0.111. The molecule has 1 atom stereocenters. The van der Waals surface area contributed by atoms with Gasteiger partial charge in [0.05, 0.1) is 6.17 Å². The van der Waals surface area contributed by atoms with E-state index in [-0.39, 0.29) is 12.1 Å². The maximum atomic E-state index is 12.2. The zero-order valence-electron chi connectivity index (χ0n) is 22.7. The molecular formula is C29H60N2O. The average molecular weight is 453 g/mol. The van der Waals surface area contributed by atoms with Crippen LogP contribution in [0, 0.1) is 0 Å². The molecule has 0 heterocycles. The largest absolute Gasteiger partial charge is 0.341 e. The predicted octanol–water partition coefficient (Wildman–Crippen LogP) is 9.00. The fraction of sp³-hybridized carbons (Fsp3) is 0.966. The summed E-state index contributed by atoms with van der Waals surface area (Å²) < 4.78 is 0. The molecule has 32 heavy (non-hydrogen) atoms. The molecule has 0 bridgehead atoms. The molecule has 3 heteroatoms. The van der Waals surface area contributed by atoms with E-state index >= 15 is 0 Å². The van der Waals surface area contributed by atoms with Gasteiger partial charge in [0.2, 0.25) is 5.91 Å². The Hall–Kier alpha value is -0.570. The number of carbonyl (C=O) groups excluding carboxylic acids is 1. The van der Waals surface area contributed by atoms with Gasteiger partial charge in [0.25, 0.3) is 0 Å². The van der Waals surface area contributed by atoms with Crippen LogP contribution in [0.25, 0.3) is 0 Å². The molecule has 0 spiro atoms. The fourth-order valence-corrected chi connectivity index (χ4v) is 4.74. The van der Waals surface area contributed by atoms with Crippen molar-refractivity contribution in [3.05, 3.63) is 0 Å². The maximum absolute atomic E-state index is 12.2. The van der Waals surface area contributed by atoms with Crippen molar-refractivity contribution in [3.8, 4) is 0 Å². The van der Waals surface area contributed by atoms with Gasteiger partial charge < -0.3 is 5.32 Å². The van der Waals surface area contributed by atoms with Gasteiger partial charge in [-0.2, -0.15) is 0 Å². The summed E-state index contributed by atoms with van der Waals surface area (Å²) in [4.78, 5) is 14.5. The molecule has 0 aromatic heterocycles. The zero-order valence-corrected chi connectivity index (χ0v) is 22.7. The number of rotatable bonds is 25. The van der Waals surface area contributed by atoms with E-state index in [1.165, 1.54) is 116 Å². The van der Waals surface area contributed by atoms with Crippen LogP contribution in [0.5, 0.6) is 0 Å². The van der Waals surface area contributed by atoms with E-state index in [0.717, 1.165) is 25.9 Å². The molecule has 0 aliphatic rings. The summed E-state index contributed by atoms with van der Waals surface area (Å²) in [6.45, 7) is 10.8. The molecule has 0 radical (unpaired) electrons. The molecule has 0 rings (SSSR count). The summed E-state index contributed by atoms with van der Waals surface area (Å²) in [7, 11) is 0. The Kier molecular flexibility index (Phi) is 24.6. The second-order valence-corrected chi connectivity index (χ2v) is 9.83. The van der Waals surface area contributed by atoms with Crippen molar-refractivity contribution in [2.45, 2.75) is 169 Å². The summed E-state index contributed by atoms with van der Waals surface area (Å²) in [5.41, 5.74) is 0.